The molecule has 10 heteroatoms. The second-order valence-corrected chi connectivity index (χ2v) is 8.85. The predicted octanol–water partition coefficient (Wildman–Crippen LogP) is 1.78. The van der Waals surface area contributed by atoms with Crippen LogP contribution in [0.2, 0.25) is 0 Å². The zero-order valence-electron chi connectivity index (χ0n) is 20.5. The third-order valence-corrected chi connectivity index (χ3v) is 6.74. The summed E-state index contributed by atoms with van der Waals surface area (Å²) in [6, 6.07) is 5.29. The number of methoxy groups -OCH3 is 2. The summed E-state index contributed by atoms with van der Waals surface area (Å²) in [6.45, 7) is 6.11. The highest BCUT2D eigenvalue weighted by Gasteiger charge is 2.38. The van der Waals surface area contributed by atoms with Gasteiger partial charge in [0.25, 0.3) is 5.91 Å². The molecule has 1 aromatic heterocycles. The number of hydrogen-bond acceptors (Lipinski definition) is 7. The Balaban J connectivity index is 1.55. The lowest BCUT2D eigenvalue weighted by molar-refractivity contribution is -0.125. The van der Waals surface area contributed by atoms with Gasteiger partial charge in [0.15, 0.2) is 0 Å². The molecule has 3 heterocycles. The van der Waals surface area contributed by atoms with E-state index in [4.69, 9.17) is 19.9 Å². The van der Waals surface area contributed by atoms with Crippen molar-refractivity contribution in [2.45, 2.75) is 18.9 Å². The monoisotopic (exact) mass is 493 g/mol. The quantitative estimate of drug-likeness (QED) is 0.396. The van der Waals surface area contributed by atoms with Crippen LogP contribution >= 0.6 is 0 Å². The van der Waals surface area contributed by atoms with Crippen molar-refractivity contribution in [1.29, 1.82) is 0 Å². The molecule has 0 radical (unpaired) electrons. The second-order valence-electron chi connectivity index (χ2n) is 8.85. The van der Waals surface area contributed by atoms with Crippen molar-refractivity contribution in [3.8, 4) is 23.3 Å². The summed E-state index contributed by atoms with van der Waals surface area (Å²) in [5.41, 5.74) is 6.82. The Morgan fingerprint density at radius 1 is 1.25 bits per heavy atom. The Kier molecular flexibility index (Phi) is 7.80. The molecular weight excluding hydrogens is 462 g/mol. The summed E-state index contributed by atoms with van der Waals surface area (Å²) in [7, 11) is 3.12. The number of nitrogens with two attached hydrogens (primary N) is 1. The van der Waals surface area contributed by atoms with Crippen LogP contribution < -0.4 is 20.5 Å². The number of carbonyl (C=O) groups is 2. The van der Waals surface area contributed by atoms with E-state index in [0.717, 1.165) is 12.8 Å². The van der Waals surface area contributed by atoms with E-state index >= 15 is 0 Å². The highest BCUT2D eigenvalue weighted by atomic mass is 16.5. The molecule has 3 atom stereocenters. The number of aromatic nitrogens is 2. The zero-order valence-corrected chi connectivity index (χ0v) is 20.5. The van der Waals surface area contributed by atoms with Gasteiger partial charge in [0, 0.05) is 43.3 Å². The van der Waals surface area contributed by atoms with Crippen molar-refractivity contribution in [3.05, 3.63) is 47.7 Å². The number of nitrogens with zero attached hydrogens (tertiary/aromatic N) is 2. The van der Waals surface area contributed by atoms with Crippen LogP contribution in [0.1, 0.15) is 34.5 Å². The number of ether oxygens (including phenoxy) is 3. The van der Waals surface area contributed by atoms with Crippen molar-refractivity contribution < 1.29 is 23.8 Å². The number of H-pyrrole nitrogens is 1. The van der Waals surface area contributed by atoms with Crippen LogP contribution in [-0.2, 0) is 9.53 Å². The van der Waals surface area contributed by atoms with Gasteiger partial charge in [-0.25, -0.2) is 0 Å². The number of anilines is 1. The summed E-state index contributed by atoms with van der Waals surface area (Å²) in [6.07, 6.45) is 2.99. The zero-order chi connectivity index (χ0) is 25.7. The van der Waals surface area contributed by atoms with Crippen LogP contribution in [0.4, 0.5) is 5.82 Å². The molecule has 190 valence electrons. The minimum atomic E-state index is -0.633. The number of aromatic amines is 1. The molecule has 4 rings (SSSR count). The number of rotatable bonds is 7. The molecule has 2 aromatic rings. The molecule has 0 bridgehead atoms. The maximum Gasteiger partial charge on any atom is 0.255 e. The van der Waals surface area contributed by atoms with E-state index in [1.54, 1.807) is 32.4 Å². The average molecular weight is 494 g/mol. The van der Waals surface area contributed by atoms with Crippen molar-refractivity contribution in [2.75, 3.05) is 45.8 Å². The molecule has 2 aliphatic rings. The fourth-order valence-electron chi connectivity index (χ4n) is 4.84. The fourth-order valence-corrected chi connectivity index (χ4v) is 4.84. The van der Waals surface area contributed by atoms with Crippen LogP contribution in [0.3, 0.4) is 0 Å². The Hall–Kier alpha value is -3.97. The molecule has 36 heavy (non-hydrogen) atoms. The molecule has 0 aliphatic carbocycles. The predicted molar refractivity (Wildman–Crippen MR) is 134 cm³/mol. The minimum absolute atomic E-state index is 0.0181. The smallest absolute Gasteiger partial charge is 0.255 e. The van der Waals surface area contributed by atoms with Gasteiger partial charge in [-0.3, -0.25) is 14.7 Å². The van der Waals surface area contributed by atoms with Crippen LogP contribution in [-0.4, -0.2) is 73.5 Å². The summed E-state index contributed by atoms with van der Waals surface area (Å²) in [5, 5.41) is 10.6. The number of benzene rings is 1. The van der Waals surface area contributed by atoms with Crippen molar-refractivity contribution in [1.82, 2.24) is 15.1 Å². The second kappa shape index (κ2) is 11.2. The number of hydrogen-bond donors (Lipinski definition) is 3. The van der Waals surface area contributed by atoms with Crippen LogP contribution in [0, 0.1) is 23.7 Å². The summed E-state index contributed by atoms with van der Waals surface area (Å²) < 4.78 is 16.3. The Morgan fingerprint density at radius 2 is 2.00 bits per heavy atom. The van der Waals surface area contributed by atoms with Gasteiger partial charge in [0.1, 0.15) is 28.6 Å². The van der Waals surface area contributed by atoms with Crippen molar-refractivity contribution >= 4 is 17.6 Å². The lowest BCUT2D eigenvalue weighted by Gasteiger charge is -2.36. The van der Waals surface area contributed by atoms with Gasteiger partial charge in [-0.15, -0.1) is 0 Å². The maximum atomic E-state index is 12.4. The fraction of sp³-hybridized carbons (Fsp3) is 0.423. The van der Waals surface area contributed by atoms with Gasteiger partial charge in [0.05, 0.1) is 20.8 Å². The molecule has 10 nitrogen and oxygen atoms in total. The molecule has 1 aromatic carbocycles. The van der Waals surface area contributed by atoms with Gasteiger partial charge in [0.2, 0.25) is 5.91 Å². The van der Waals surface area contributed by atoms with Gasteiger partial charge < -0.3 is 30.2 Å². The van der Waals surface area contributed by atoms with Crippen molar-refractivity contribution in [3.63, 3.8) is 0 Å². The Bertz CT molecular complexity index is 1170. The molecule has 0 saturated carbocycles. The van der Waals surface area contributed by atoms with Gasteiger partial charge in [-0.2, -0.15) is 5.10 Å². The van der Waals surface area contributed by atoms with E-state index < -0.39 is 5.91 Å². The van der Waals surface area contributed by atoms with Gasteiger partial charge in [-0.1, -0.05) is 12.5 Å². The molecule has 4 N–H and O–H groups in total. The van der Waals surface area contributed by atoms with E-state index in [0.29, 0.717) is 49.2 Å². The highest BCUT2D eigenvalue weighted by Crippen LogP contribution is 2.33. The molecule has 2 saturated heterocycles. The molecule has 2 aliphatic heterocycles. The minimum Gasteiger partial charge on any atom is -0.497 e. The highest BCUT2D eigenvalue weighted by molar-refractivity contribution is 6.00. The number of carbonyl (C=O) groups excluding carboxylic acids is 2. The lowest BCUT2D eigenvalue weighted by atomic mass is 9.83. The van der Waals surface area contributed by atoms with Crippen molar-refractivity contribution in [2.24, 2.45) is 17.6 Å². The molecule has 2 fully saturated rings. The summed E-state index contributed by atoms with van der Waals surface area (Å²) >= 11 is 0. The third kappa shape index (κ3) is 5.47. The standard InChI is InChI=1S/C26H31N5O5/c1-4-23(32)31-9-7-17(14-31)20-15-36-10-8-21(20)28-26-24(25(27)33)22(29-30-26)6-5-16-11-18(34-2)13-19(12-16)35-3/h4,11-13,17,20-21H,1,7-10,14-15H2,2-3H3,(H2,27,33)(H2,28,29,30). The summed E-state index contributed by atoms with van der Waals surface area (Å²) in [5.74, 6) is 7.32. The number of nitrogens with one attached hydrogen (secondary N) is 2. The molecule has 0 spiro atoms. The van der Waals surface area contributed by atoms with E-state index in [2.05, 4.69) is 33.9 Å². The van der Waals surface area contributed by atoms with Crippen LogP contribution in [0.25, 0.3) is 0 Å². The molecule has 2 amide bonds. The Labute approximate surface area is 210 Å². The van der Waals surface area contributed by atoms with E-state index in [1.807, 2.05) is 4.90 Å². The van der Waals surface area contributed by atoms with Crippen LogP contribution in [0.15, 0.2) is 30.9 Å². The first-order valence-electron chi connectivity index (χ1n) is 11.8. The van der Waals surface area contributed by atoms with Gasteiger partial charge >= 0.3 is 0 Å². The number of primary amides is 1. The lowest BCUT2D eigenvalue weighted by Crippen LogP contribution is -2.43. The van der Waals surface area contributed by atoms with E-state index in [1.165, 1.54) is 6.08 Å². The maximum absolute atomic E-state index is 12.4. The summed E-state index contributed by atoms with van der Waals surface area (Å²) in [4.78, 5) is 26.2. The van der Waals surface area contributed by atoms with E-state index in [-0.39, 0.29) is 35.0 Å². The SMILES string of the molecule is C=CC(=O)N1CCC(C2COCCC2Nc2[nH]nc(C#Cc3cc(OC)cc(OC)c3)c2C(N)=O)C1. The first kappa shape index (κ1) is 25.1. The molecular formula is C26H31N5O5. The molecule has 3 unspecified atom stereocenters. The topological polar surface area (TPSA) is 132 Å². The first-order valence-corrected chi connectivity index (χ1v) is 11.8. The number of amides is 2. The first-order chi connectivity index (χ1) is 17.4. The van der Waals surface area contributed by atoms with Gasteiger partial charge in [-0.05, 0) is 42.9 Å². The third-order valence-electron chi connectivity index (χ3n) is 6.74. The number of likely N-dealkylation sites (tertiary alicyclic amines) is 1. The largest absolute Gasteiger partial charge is 0.497 e. The Morgan fingerprint density at radius 3 is 2.67 bits per heavy atom. The normalized spacial score (nSPS) is 21.3. The van der Waals surface area contributed by atoms with E-state index in [9.17, 15) is 9.59 Å². The average Bonchev–Trinajstić information content (AvgIpc) is 3.54. The van der Waals surface area contributed by atoms with Crippen LogP contribution in [0.5, 0.6) is 11.5 Å².